The maximum atomic E-state index is 14.4. The highest BCUT2D eigenvalue weighted by Crippen LogP contribution is 2.28. The Morgan fingerprint density at radius 3 is 2.64 bits per heavy atom. The molecule has 0 unspecified atom stereocenters. The van der Waals surface area contributed by atoms with Gasteiger partial charge in [-0.05, 0) is 12.6 Å². The second-order valence-corrected chi connectivity index (χ2v) is 6.70. The molecule has 2 atom stereocenters. The largest absolute Gasteiger partial charge is 0.346 e. The van der Waals surface area contributed by atoms with Gasteiger partial charge in [-0.15, -0.1) is 0 Å². The molecule has 1 fully saturated rings. The van der Waals surface area contributed by atoms with Gasteiger partial charge in [0, 0.05) is 44.4 Å². The van der Waals surface area contributed by atoms with Gasteiger partial charge in [0.05, 0.1) is 12.4 Å². The highest BCUT2D eigenvalue weighted by Gasteiger charge is 2.43. The van der Waals surface area contributed by atoms with Crippen molar-refractivity contribution in [3.05, 3.63) is 54.1 Å². The molecule has 25 heavy (non-hydrogen) atoms. The maximum absolute atomic E-state index is 14.4. The summed E-state index contributed by atoms with van der Waals surface area (Å²) in [7, 11) is 3.78. The van der Waals surface area contributed by atoms with Crippen LogP contribution >= 0.6 is 0 Å². The number of amides is 1. The fourth-order valence-electron chi connectivity index (χ4n) is 3.38. The van der Waals surface area contributed by atoms with Gasteiger partial charge < -0.3 is 14.8 Å². The fourth-order valence-corrected chi connectivity index (χ4v) is 3.38. The lowest BCUT2D eigenvalue weighted by Gasteiger charge is -2.23. The Morgan fingerprint density at radius 1 is 1.28 bits per heavy atom. The number of carbonyl (C=O) groups excluding carboxylic acids is 1. The average molecular weight is 348 g/mol. The number of nitrogens with one attached hydrogen (secondary N) is 1. The van der Waals surface area contributed by atoms with Crippen LogP contribution in [0.5, 0.6) is 0 Å². The molecule has 0 spiro atoms. The van der Waals surface area contributed by atoms with Gasteiger partial charge in [-0.2, -0.15) is 8.78 Å². The molecule has 134 valence electrons. The summed E-state index contributed by atoms with van der Waals surface area (Å²) in [5, 5.41) is 2.56. The Bertz CT molecular complexity index is 732. The second-order valence-electron chi connectivity index (χ2n) is 6.70. The first-order valence-corrected chi connectivity index (χ1v) is 8.24. The number of halogens is 2. The van der Waals surface area contributed by atoms with Crippen molar-refractivity contribution in [3.8, 4) is 0 Å². The molecule has 2 aromatic rings. The fraction of sp³-hybridized carbons (Fsp3) is 0.444. The van der Waals surface area contributed by atoms with Gasteiger partial charge in [-0.3, -0.25) is 4.79 Å². The Balaban J connectivity index is 1.71. The molecule has 1 N–H and O–H groups in total. The predicted octanol–water partition coefficient (Wildman–Crippen LogP) is 1.81. The van der Waals surface area contributed by atoms with Crippen LogP contribution in [-0.4, -0.2) is 52.5 Å². The van der Waals surface area contributed by atoms with E-state index in [0.29, 0.717) is 18.7 Å². The van der Waals surface area contributed by atoms with Gasteiger partial charge >= 0.3 is 5.92 Å². The summed E-state index contributed by atoms with van der Waals surface area (Å²) < 4.78 is 30.6. The zero-order valence-electron chi connectivity index (χ0n) is 14.3. The summed E-state index contributed by atoms with van der Waals surface area (Å²) in [5.41, 5.74) is 1.37. The number of hydrogen-bond donors (Lipinski definition) is 1. The molecule has 1 saturated heterocycles. The van der Waals surface area contributed by atoms with Crippen molar-refractivity contribution in [2.45, 2.75) is 24.3 Å². The molecule has 3 rings (SSSR count). The van der Waals surface area contributed by atoms with Crippen molar-refractivity contribution < 1.29 is 13.6 Å². The van der Waals surface area contributed by atoms with Crippen molar-refractivity contribution in [1.29, 1.82) is 0 Å². The molecule has 0 radical (unpaired) electrons. The van der Waals surface area contributed by atoms with E-state index in [2.05, 4.69) is 10.3 Å². The van der Waals surface area contributed by atoms with Crippen molar-refractivity contribution in [2.75, 3.05) is 20.1 Å². The summed E-state index contributed by atoms with van der Waals surface area (Å²) in [6.07, 6.45) is 2.81. The Kier molecular flexibility index (Phi) is 4.85. The van der Waals surface area contributed by atoms with E-state index in [-0.39, 0.29) is 12.0 Å². The van der Waals surface area contributed by atoms with E-state index in [9.17, 15) is 13.6 Å². The van der Waals surface area contributed by atoms with Crippen molar-refractivity contribution in [1.82, 2.24) is 19.8 Å². The van der Waals surface area contributed by atoms with E-state index < -0.39 is 18.3 Å². The molecule has 1 aromatic carbocycles. The molecule has 1 aliphatic rings. The van der Waals surface area contributed by atoms with Crippen LogP contribution < -0.4 is 5.32 Å². The van der Waals surface area contributed by atoms with Crippen LogP contribution in [0, 0.1) is 0 Å². The quantitative estimate of drug-likeness (QED) is 0.897. The van der Waals surface area contributed by atoms with Gasteiger partial charge in [0.15, 0.2) is 0 Å². The lowest BCUT2D eigenvalue weighted by Crippen LogP contribution is -2.48. The first-order chi connectivity index (χ1) is 11.9. The van der Waals surface area contributed by atoms with Crippen LogP contribution in [-0.2, 0) is 18.3 Å². The zero-order valence-corrected chi connectivity index (χ0v) is 14.3. The van der Waals surface area contributed by atoms with Gasteiger partial charge in [0.2, 0.25) is 0 Å². The van der Waals surface area contributed by atoms with Crippen LogP contribution in [0.3, 0.4) is 0 Å². The number of imidazole rings is 1. The molecule has 2 heterocycles. The van der Waals surface area contributed by atoms with E-state index in [0.717, 1.165) is 5.69 Å². The third-order valence-electron chi connectivity index (χ3n) is 4.65. The van der Waals surface area contributed by atoms with E-state index in [1.807, 2.05) is 23.6 Å². The van der Waals surface area contributed by atoms with Gasteiger partial charge in [0.25, 0.3) is 5.91 Å². The summed E-state index contributed by atoms with van der Waals surface area (Å²) in [4.78, 5) is 18.3. The Morgan fingerprint density at radius 2 is 2.00 bits per heavy atom. The summed E-state index contributed by atoms with van der Waals surface area (Å²) in [6.45, 7) is 1.22. The maximum Gasteiger partial charge on any atom is 0.328 e. The van der Waals surface area contributed by atoms with E-state index in [4.69, 9.17) is 0 Å². The minimum atomic E-state index is -3.44. The molecule has 1 amide bonds. The van der Waals surface area contributed by atoms with Crippen molar-refractivity contribution in [3.63, 3.8) is 0 Å². The number of rotatable bonds is 5. The summed E-state index contributed by atoms with van der Waals surface area (Å²) in [6, 6.07) is 7.97. The average Bonchev–Trinajstić information content (AvgIpc) is 3.13. The van der Waals surface area contributed by atoms with E-state index in [1.54, 1.807) is 42.9 Å². The van der Waals surface area contributed by atoms with Crippen molar-refractivity contribution >= 4 is 5.91 Å². The lowest BCUT2D eigenvalue weighted by molar-refractivity contribution is -0.146. The smallest absolute Gasteiger partial charge is 0.328 e. The number of aryl methyl sites for hydroxylation is 1. The first kappa shape index (κ1) is 17.5. The van der Waals surface area contributed by atoms with Crippen LogP contribution in [0.15, 0.2) is 42.9 Å². The van der Waals surface area contributed by atoms with Crippen LogP contribution in [0.1, 0.15) is 17.2 Å². The second kappa shape index (κ2) is 6.92. The van der Waals surface area contributed by atoms with Crippen LogP contribution in [0.25, 0.3) is 0 Å². The third-order valence-corrected chi connectivity index (χ3v) is 4.65. The summed E-state index contributed by atoms with van der Waals surface area (Å²) in [5.74, 6) is -4.72. The van der Waals surface area contributed by atoms with Crippen molar-refractivity contribution in [2.24, 2.45) is 7.05 Å². The number of nitrogens with zero attached hydrogens (tertiary/aromatic N) is 3. The Hall–Kier alpha value is -2.28. The number of likely N-dealkylation sites (tertiary alicyclic amines) is 1. The molecular formula is C18H22F2N4O. The zero-order chi connectivity index (χ0) is 18.0. The van der Waals surface area contributed by atoms with E-state index in [1.165, 1.54) is 0 Å². The minimum Gasteiger partial charge on any atom is -0.346 e. The standard InChI is InChI=1S/C18H22F2N4O/c1-23-10-14(16-9-21-12-24(16)2)15(11-23)22-17(25)18(19,20)8-13-6-4-3-5-7-13/h3-7,9,12,14-15H,8,10-11H2,1-2H3,(H,22,25)/t14-,15-/m1/s1. The topological polar surface area (TPSA) is 50.2 Å². The first-order valence-electron chi connectivity index (χ1n) is 8.24. The van der Waals surface area contributed by atoms with Gasteiger partial charge in [-0.1, -0.05) is 30.3 Å². The normalized spacial score (nSPS) is 21.4. The highest BCUT2D eigenvalue weighted by molar-refractivity contribution is 5.84. The number of benzene rings is 1. The molecule has 0 bridgehead atoms. The molecule has 0 aliphatic carbocycles. The highest BCUT2D eigenvalue weighted by atomic mass is 19.3. The summed E-state index contributed by atoms with van der Waals surface area (Å²) >= 11 is 0. The lowest BCUT2D eigenvalue weighted by atomic mass is 9.99. The third kappa shape index (κ3) is 3.87. The van der Waals surface area contributed by atoms with Crippen LogP contribution in [0.4, 0.5) is 8.78 Å². The molecule has 0 saturated carbocycles. The number of alkyl halides is 2. The number of likely N-dealkylation sites (N-methyl/N-ethyl adjacent to an activating group) is 1. The molecule has 1 aliphatic heterocycles. The Labute approximate surface area is 145 Å². The number of carbonyl (C=O) groups is 1. The monoisotopic (exact) mass is 348 g/mol. The molecule has 7 heteroatoms. The molecular weight excluding hydrogens is 326 g/mol. The van der Waals surface area contributed by atoms with Crippen LogP contribution in [0.2, 0.25) is 0 Å². The molecule has 5 nitrogen and oxygen atoms in total. The van der Waals surface area contributed by atoms with Gasteiger partial charge in [-0.25, -0.2) is 4.98 Å². The van der Waals surface area contributed by atoms with E-state index >= 15 is 0 Å². The minimum absolute atomic E-state index is 0.0611. The SMILES string of the molecule is CN1C[C@@H](NC(=O)C(F)(F)Cc2ccccc2)[C@H](c2cncn2C)C1. The number of hydrogen-bond acceptors (Lipinski definition) is 3. The van der Waals surface area contributed by atoms with Gasteiger partial charge in [0.1, 0.15) is 0 Å². The molecule has 1 aromatic heterocycles. The predicted molar refractivity (Wildman–Crippen MR) is 90.5 cm³/mol. The number of aromatic nitrogens is 2.